The number of halogens is 1. The van der Waals surface area contributed by atoms with Crippen molar-refractivity contribution < 1.29 is 19.0 Å². The molecule has 37 heavy (non-hydrogen) atoms. The number of rotatable bonds is 20. The number of carbonyl (C=O) groups excluding carboxylic acids is 1. The van der Waals surface area contributed by atoms with Gasteiger partial charge in [-0.1, -0.05) is 65.7 Å². The predicted octanol–water partition coefficient (Wildman–Crippen LogP) is 9.63. The molecule has 2 aromatic carbocycles. The smallest absolute Gasteiger partial charge is 0.343 e. The monoisotopic (exact) mass is 530 g/mol. The molecule has 0 fully saturated rings. The lowest BCUT2D eigenvalue weighted by molar-refractivity contribution is 0.0734. The largest absolute Gasteiger partial charge is 0.494 e. The Hall–Kier alpha value is -2.20. The van der Waals surface area contributed by atoms with Crippen LogP contribution in [0.5, 0.6) is 17.2 Å². The first-order chi connectivity index (χ1) is 18.0. The van der Waals surface area contributed by atoms with Crippen LogP contribution in [0.1, 0.15) is 108 Å². The molecule has 0 saturated heterocycles. The molecule has 0 spiro atoms. The van der Waals surface area contributed by atoms with E-state index in [4.69, 9.17) is 25.8 Å². The lowest BCUT2D eigenvalue weighted by Crippen LogP contribution is -2.09. The summed E-state index contributed by atoms with van der Waals surface area (Å²) >= 11 is 6.43. The van der Waals surface area contributed by atoms with Crippen LogP contribution in [-0.2, 0) is 0 Å². The Bertz CT molecular complexity index is 850. The lowest BCUT2D eigenvalue weighted by Gasteiger charge is -2.15. The number of carbonyl (C=O) groups is 1. The van der Waals surface area contributed by atoms with E-state index in [0.29, 0.717) is 30.4 Å². The van der Waals surface area contributed by atoms with Crippen molar-refractivity contribution in [1.82, 2.24) is 0 Å². The molecule has 0 amide bonds. The van der Waals surface area contributed by atoms with Crippen molar-refractivity contribution in [3.8, 4) is 17.2 Å². The number of unbranched alkanes of at least 4 members (excludes halogenated alkanes) is 6. The zero-order valence-electron chi connectivity index (χ0n) is 23.2. The van der Waals surface area contributed by atoms with Gasteiger partial charge in [-0.25, -0.2) is 4.79 Å². The summed E-state index contributed by atoms with van der Waals surface area (Å²) in [5.74, 6) is 2.26. The molecule has 4 nitrogen and oxygen atoms in total. The SMILES string of the molecule is CCCCCCCCOc1ccc(C(=O)Oc2ccc(OCCCC(C)C[C@H](Cl)CCCC)cc2)cc1. The normalized spacial score (nSPS) is 12.6. The maximum absolute atomic E-state index is 12.5. The molecule has 2 aromatic rings. The Balaban J connectivity index is 1.64. The van der Waals surface area contributed by atoms with Crippen LogP contribution in [0.3, 0.4) is 0 Å². The molecule has 0 aliphatic rings. The summed E-state index contributed by atoms with van der Waals surface area (Å²) in [4.78, 5) is 12.5. The van der Waals surface area contributed by atoms with E-state index in [2.05, 4.69) is 20.8 Å². The van der Waals surface area contributed by atoms with Crippen molar-refractivity contribution in [3.63, 3.8) is 0 Å². The number of alkyl halides is 1. The highest BCUT2D eigenvalue weighted by molar-refractivity contribution is 6.20. The van der Waals surface area contributed by atoms with Gasteiger partial charge < -0.3 is 14.2 Å². The number of hydrogen-bond acceptors (Lipinski definition) is 4. The van der Waals surface area contributed by atoms with Gasteiger partial charge in [0.25, 0.3) is 0 Å². The molecule has 2 rings (SSSR count). The Morgan fingerprint density at radius 2 is 1.24 bits per heavy atom. The third kappa shape index (κ3) is 13.8. The van der Waals surface area contributed by atoms with E-state index in [0.717, 1.165) is 43.6 Å². The number of esters is 1. The minimum Gasteiger partial charge on any atom is -0.494 e. The van der Waals surface area contributed by atoms with E-state index in [9.17, 15) is 4.79 Å². The topological polar surface area (TPSA) is 44.8 Å². The van der Waals surface area contributed by atoms with Gasteiger partial charge in [-0.2, -0.15) is 0 Å². The molecule has 2 atom stereocenters. The third-order valence-corrected chi connectivity index (χ3v) is 6.93. The first-order valence-corrected chi connectivity index (χ1v) is 14.8. The fourth-order valence-electron chi connectivity index (χ4n) is 4.25. The van der Waals surface area contributed by atoms with Gasteiger partial charge in [-0.15, -0.1) is 11.6 Å². The van der Waals surface area contributed by atoms with Crippen LogP contribution in [0.4, 0.5) is 0 Å². The molecular weight excluding hydrogens is 484 g/mol. The number of ether oxygens (including phenoxy) is 3. The minimum absolute atomic E-state index is 0.285. The highest BCUT2D eigenvalue weighted by atomic mass is 35.5. The maximum atomic E-state index is 12.5. The van der Waals surface area contributed by atoms with Crippen molar-refractivity contribution in [2.24, 2.45) is 5.92 Å². The lowest BCUT2D eigenvalue weighted by atomic mass is 9.98. The fourth-order valence-corrected chi connectivity index (χ4v) is 4.71. The zero-order chi connectivity index (χ0) is 26.7. The van der Waals surface area contributed by atoms with Crippen LogP contribution in [0, 0.1) is 5.92 Å². The molecule has 0 N–H and O–H groups in total. The maximum Gasteiger partial charge on any atom is 0.343 e. The molecule has 1 unspecified atom stereocenters. The van der Waals surface area contributed by atoms with Gasteiger partial charge in [0, 0.05) is 5.38 Å². The van der Waals surface area contributed by atoms with Crippen LogP contribution >= 0.6 is 11.6 Å². The summed E-state index contributed by atoms with van der Waals surface area (Å²) in [6, 6.07) is 14.3. The standard InChI is InChI=1S/C32H47ClO4/c1-4-6-8-9-10-11-23-35-29-17-15-27(16-18-29)32(34)37-31-21-19-30(20-22-31)36-24-12-13-26(3)25-28(33)14-7-5-2/h15-22,26,28H,4-14,23-25H2,1-3H3/t26?,28-/m1/s1. The minimum atomic E-state index is -0.387. The molecule has 0 aromatic heterocycles. The third-order valence-electron chi connectivity index (χ3n) is 6.53. The molecule has 206 valence electrons. The van der Waals surface area contributed by atoms with E-state index in [1.807, 2.05) is 24.3 Å². The van der Waals surface area contributed by atoms with E-state index >= 15 is 0 Å². The van der Waals surface area contributed by atoms with Crippen LogP contribution in [0.2, 0.25) is 0 Å². The van der Waals surface area contributed by atoms with Crippen LogP contribution < -0.4 is 14.2 Å². The van der Waals surface area contributed by atoms with Crippen molar-refractivity contribution >= 4 is 17.6 Å². The quantitative estimate of drug-likeness (QED) is 0.0739. The highest BCUT2D eigenvalue weighted by Crippen LogP contribution is 2.22. The molecule has 0 aliphatic carbocycles. The highest BCUT2D eigenvalue weighted by Gasteiger charge is 2.11. The van der Waals surface area contributed by atoms with E-state index in [-0.39, 0.29) is 11.3 Å². The fraction of sp³-hybridized carbons (Fsp3) is 0.594. The van der Waals surface area contributed by atoms with Crippen LogP contribution in [0.25, 0.3) is 0 Å². The van der Waals surface area contributed by atoms with Gasteiger partial charge in [0.05, 0.1) is 18.8 Å². The molecule has 0 aliphatic heterocycles. The van der Waals surface area contributed by atoms with Gasteiger partial charge in [-0.05, 0) is 86.6 Å². The summed E-state index contributed by atoms with van der Waals surface area (Å²) in [6.45, 7) is 8.06. The van der Waals surface area contributed by atoms with E-state index < -0.39 is 0 Å². The molecular formula is C32H47ClO4. The molecule has 0 radical (unpaired) electrons. The van der Waals surface area contributed by atoms with E-state index in [1.165, 1.54) is 44.9 Å². The van der Waals surface area contributed by atoms with Crippen molar-refractivity contribution in [1.29, 1.82) is 0 Å². The van der Waals surface area contributed by atoms with Gasteiger partial charge in [0.2, 0.25) is 0 Å². The van der Waals surface area contributed by atoms with E-state index in [1.54, 1.807) is 24.3 Å². The molecule has 0 heterocycles. The van der Waals surface area contributed by atoms with Crippen LogP contribution in [-0.4, -0.2) is 24.6 Å². The van der Waals surface area contributed by atoms with Gasteiger partial charge in [0.15, 0.2) is 0 Å². The Kier molecular flexibility index (Phi) is 15.9. The van der Waals surface area contributed by atoms with Gasteiger partial charge in [-0.3, -0.25) is 0 Å². The Morgan fingerprint density at radius 1 is 0.703 bits per heavy atom. The average molecular weight is 531 g/mol. The second kappa shape index (κ2) is 19.0. The van der Waals surface area contributed by atoms with Crippen LogP contribution in [0.15, 0.2) is 48.5 Å². The summed E-state index contributed by atoms with van der Waals surface area (Å²) in [5.41, 5.74) is 0.496. The first-order valence-electron chi connectivity index (χ1n) is 14.3. The molecule has 5 heteroatoms. The summed E-state index contributed by atoms with van der Waals surface area (Å²) < 4.78 is 17.2. The average Bonchev–Trinajstić information content (AvgIpc) is 2.90. The van der Waals surface area contributed by atoms with Crippen molar-refractivity contribution in [2.75, 3.05) is 13.2 Å². The summed E-state index contributed by atoms with van der Waals surface area (Å²) in [6.07, 6.45) is 14.1. The predicted molar refractivity (Wildman–Crippen MR) is 154 cm³/mol. The Morgan fingerprint density at radius 3 is 1.89 bits per heavy atom. The second-order valence-corrected chi connectivity index (χ2v) is 10.7. The second-order valence-electron chi connectivity index (χ2n) is 10.1. The Labute approximate surface area is 230 Å². The van der Waals surface area contributed by atoms with Crippen molar-refractivity contribution in [2.45, 2.75) is 103 Å². The molecule has 0 saturated carbocycles. The van der Waals surface area contributed by atoms with Gasteiger partial charge in [0.1, 0.15) is 17.2 Å². The van der Waals surface area contributed by atoms with Crippen molar-refractivity contribution in [3.05, 3.63) is 54.1 Å². The summed E-state index contributed by atoms with van der Waals surface area (Å²) in [7, 11) is 0. The zero-order valence-corrected chi connectivity index (χ0v) is 23.9. The number of hydrogen-bond donors (Lipinski definition) is 0. The first kappa shape index (κ1) is 31.0. The number of benzene rings is 2. The van der Waals surface area contributed by atoms with Gasteiger partial charge >= 0.3 is 5.97 Å². The summed E-state index contributed by atoms with van der Waals surface area (Å²) in [5, 5.41) is 0.285. The molecule has 0 bridgehead atoms.